The van der Waals surface area contributed by atoms with Crippen molar-refractivity contribution in [1.29, 1.82) is 0 Å². The lowest BCUT2D eigenvalue weighted by molar-refractivity contribution is 0.0606. The summed E-state index contributed by atoms with van der Waals surface area (Å²) in [6, 6.07) is 1.32. The monoisotopic (exact) mass is 383 g/mol. The van der Waals surface area contributed by atoms with Gasteiger partial charge in [0.25, 0.3) is 0 Å². The number of ether oxygens (including phenoxy) is 1. The highest BCUT2D eigenvalue weighted by atomic mass is 79.9. The first-order valence-electron chi connectivity index (χ1n) is 5.88. The number of aliphatic hydroxyl groups excluding tert-OH is 1. The topological polar surface area (TPSA) is 83.9 Å². The van der Waals surface area contributed by atoms with Gasteiger partial charge in [-0.25, -0.2) is 13.2 Å². The number of esters is 1. The van der Waals surface area contributed by atoms with Gasteiger partial charge in [-0.3, -0.25) is 0 Å². The number of aliphatic hydroxyl groups is 1. The fraction of sp³-hybridized carbons (Fsp3) is 0.545. The van der Waals surface area contributed by atoms with Gasteiger partial charge in [0.1, 0.15) is 9.77 Å². The molecule has 0 amide bonds. The van der Waals surface area contributed by atoms with Crippen molar-refractivity contribution in [2.45, 2.75) is 11.3 Å². The fourth-order valence-electron chi connectivity index (χ4n) is 2.03. The molecule has 1 fully saturated rings. The fourth-order valence-corrected chi connectivity index (χ4v) is 6.00. The Kier molecular flexibility index (Phi) is 4.85. The predicted octanol–water partition coefficient (Wildman–Crippen LogP) is 1.30. The Morgan fingerprint density at radius 3 is 2.90 bits per heavy atom. The van der Waals surface area contributed by atoms with Crippen molar-refractivity contribution in [3.63, 3.8) is 0 Å². The summed E-state index contributed by atoms with van der Waals surface area (Å²) >= 11 is 4.21. The van der Waals surface area contributed by atoms with Crippen molar-refractivity contribution in [2.75, 3.05) is 26.8 Å². The van der Waals surface area contributed by atoms with Crippen molar-refractivity contribution in [2.24, 2.45) is 5.92 Å². The second kappa shape index (κ2) is 6.10. The normalized spacial score (nSPS) is 20.2. The van der Waals surface area contributed by atoms with Crippen LogP contribution in [-0.4, -0.2) is 50.6 Å². The minimum atomic E-state index is -3.66. The maximum Gasteiger partial charge on any atom is 0.348 e. The highest BCUT2D eigenvalue weighted by Gasteiger charge is 2.34. The van der Waals surface area contributed by atoms with Gasteiger partial charge in [-0.2, -0.15) is 4.31 Å². The smallest absolute Gasteiger partial charge is 0.348 e. The molecule has 0 radical (unpaired) electrons. The maximum absolute atomic E-state index is 12.5. The van der Waals surface area contributed by atoms with E-state index in [9.17, 15) is 13.2 Å². The zero-order chi connectivity index (χ0) is 14.9. The Bertz CT molecular complexity index is 612. The number of carbonyl (C=O) groups is 1. The SMILES string of the molecule is COC(=O)c1cc(S(=O)(=O)N2CCC(CO)C2)c(Br)s1. The van der Waals surface area contributed by atoms with E-state index in [4.69, 9.17) is 5.11 Å². The van der Waals surface area contributed by atoms with Gasteiger partial charge in [-0.15, -0.1) is 11.3 Å². The van der Waals surface area contributed by atoms with E-state index >= 15 is 0 Å². The van der Waals surface area contributed by atoms with Crippen LogP contribution in [0.5, 0.6) is 0 Å². The summed E-state index contributed by atoms with van der Waals surface area (Å²) in [4.78, 5) is 11.8. The lowest BCUT2D eigenvalue weighted by Crippen LogP contribution is -2.29. The molecular formula is C11H14BrNO5S2. The Hall–Kier alpha value is -0.480. The summed E-state index contributed by atoms with van der Waals surface area (Å²) in [5.74, 6) is -0.589. The summed E-state index contributed by atoms with van der Waals surface area (Å²) < 4.78 is 31.3. The Balaban J connectivity index is 2.31. The van der Waals surface area contributed by atoms with Crippen LogP contribution in [0.25, 0.3) is 0 Å². The van der Waals surface area contributed by atoms with Crippen molar-refractivity contribution in [1.82, 2.24) is 4.31 Å². The largest absolute Gasteiger partial charge is 0.465 e. The van der Waals surface area contributed by atoms with Crippen LogP contribution >= 0.6 is 27.3 Å². The molecule has 1 saturated heterocycles. The van der Waals surface area contributed by atoms with Gasteiger partial charge in [0.05, 0.1) is 10.9 Å². The number of sulfonamides is 1. The minimum Gasteiger partial charge on any atom is -0.465 e. The molecule has 1 atom stereocenters. The molecule has 1 aliphatic heterocycles. The van der Waals surface area contributed by atoms with Crippen LogP contribution in [0.4, 0.5) is 0 Å². The van der Waals surface area contributed by atoms with Crippen molar-refractivity contribution in [3.8, 4) is 0 Å². The number of hydrogen-bond donors (Lipinski definition) is 1. The third-order valence-corrected chi connectivity index (χ3v) is 7.26. The van der Waals surface area contributed by atoms with Crippen LogP contribution in [0.1, 0.15) is 16.1 Å². The number of hydrogen-bond acceptors (Lipinski definition) is 6. The molecule has 0 aromatic carbocycles. The lowest BCUT2D eigenvalue weighted by Gasteiger charge is -2.15. The number of nitrogens with zero attached hydrogens (tertiary/aromatic N) is 1. The third-order valence-electron chi connectivity index (χ3n) is 3.17. The molecule has 1 aromatic heterocycles. The molecule has 2 rings (SSSR count). The molecule has 9 heteroatoms. The number of halogens is 1. The molecule has 2 heterocycles. The molecule has 0 bridgehead atoms. The van der Waals surface area contributed by atoms with Crippen molar-refractivity contribution >= 4 is 43.3 Å². The van der Waals surface area contributed by atoms with E-state index < -0.39 is 16.0 Å². The second-order valence-corrected chi connectivity index (χ2v) is 8.72. The zero-order valence-electron chi connectivity index (χ0n) is 10.7. The molecule has 1 aliphatic rings. The Labute approximate surface area is 129 Å². The zero-order valence-corrected chi connectivity index (χ0v) is 13.9. The van der Waals surface area contributed by atoms with E-state index in [2.05, 4.69) is 20.7 Å². The number of methoxy groups -OCH3 is 1. The van der Waals surface area contributed by atoms with Crippen LogP contribution in [0.15, 0.2) is 14.7 Å². The van der Waals surface area contributed by atoms with E-state index in [1.807, 2.05) is 0 Å². The first-order valence-corrected chi connectivity index (χ1v) is 8.93. The average molecular weight is 384 g/mol. The summed E-state index contributed by atoms with van der Waals surface area (Å²) in [6.45, 7) is 0.655. The van der Waals surface area contributed by atoms with Gasteiger partial charge in [0.2, 0.25) is 10.0 Å². The second-order valence-electron chi connectivity index (χ2n) is 4.44. The number of thiophene rings is 1. The molecule has 1 unspecified atom stereocenters. The first-order chi connectivity index (χ1) is 9.40. The Morgan fingerprint density at radius 2 is 2.35 bits per heavy atom. The average Bonchev–Trinajstić information content (AvgIpc) is 3.04. The molecule has 0 spiro atoms. The van der Waals surface area contributed by atoms with Gasteiger partial charge in [-0.05, 0) is 34.3 Å². The Morgan fingerprint density at radius 1 is 1.65 bits per heavy atom. The molecule has 6 nitrogen and oxygen atoms in total. The molecule has 0 saturated carbocycles. The maximum atomic E-state index is 12.5. The molecular weight excluding hydrogens is 370 g/mol. The molecule has 1 N–H and O–H groups in total. The lowest BCUT2D eigenvalue weighted by atomic mass is 10.1. The van der Waals surface area contributed by atoms with Gasteiger partial charge >= 0.3 is 5.97 Å². The van der Waals surface area contributed by atoms with Crippen LogP contribution in [0, 0.1) is 5.92 Å². The van der Waals surface area contributed by atoms with E-state index in [1.54, 1.807) is 0 Å². The number of rotatable bonds is 4. The molecule has 1 aromatic rings. The first kappa shape index (κ1) is 15.9. The minimum absolute atomic E-state index is 0.0236. The van der Waals surface area contributed by atoms with E-state index in [1.165, 1.54) is 17.5 Å². The van der Waals surface area contributed by atoms with Gasteiger partial charge in [0.15, 0.2) is 0 Å². The highest BCUT2D eigenvalue weighted by Crippen LogP contribution is 2.35. The molecule has 0 aliphatic carbocycles. The van der Waals surface area contributed by atoms with Crippen molar-refractivity contribution in [3.05, 3.63) is 14.7 Å². The van der Waals surface area contributed by atoms with Crippen LogP contribution < -0.4 is 0 Å². The van der Waals surface area contributed by atoms with Crippen molar-refractivity contribution < 1.29 is 23.1 Å². The molecule has 112 valence electrons. The summed E-state index contributed by atoms with van der Waals surface area (Å²) in [5, 5.41) is 9.09. The third kappa shape index (κ3) is 2.91. The van der Waals surface area contributed by atoms with E-state index in [-0.39, 0.29) is 22.3 Å². The standard InChI is InChI=1S/C11H14BrNO5S2/c1-18-11(15)8-4-9(10(12)19-8)20(16,17)13-3-2-7(5-13)6-14/h4,7,14H,2-3,5-6H2,1H3. The van der Waals surface area contributed by atoms with E-state index in [0.29, 0.717) is 23.3 Å². The number of carbonyl (C=O) groups excluding carboxylic acids is 1. The molecule has 20 heavy (non-hydrogen) atoms. The summed E-state index contributed by atoms with van der Waals surface area (Å²) in [7, 11) is -2.41. The highest BCUT2D eigenvalue weighted by molar-refractivity contribution is 9.11. The van der Waals surface area contributed by atoms with Gasteiger partial charge in [-0.1, -0.05) is 0 Å². The van der Waals surface area contributed by atoms with Gasteiger partial charge < -0.3 is 9.84 Å². The van der Waals surface area contributed by atoms with Crippen LogP contribution in [0.3, 0.4) is 0 Å². The summed E-state index contributed by atoms with van der Waals surface area (Å²) in [6.07, 6.45) is 0.640. The van der Waals surface area contributed by atoms with E-state index in [0.717, 1.165) is 11.3 Å². The van der Waals surface area contributed by atoms with Crippen LogP contribution in [-0.2, 0) is 14.8 Å². The summed E-state index contributed by atoms with van der Waals surface area (Å²) in [5.41, 5.74) is 0. The quantitative estimate of drug-likeness (QED) is 0.792. The van der Waals surface area contributed by atoms with Crippen LogP contribution in [0.2, 0.25) is 0 Å². The predicted molar refractivity (Wildman–Crippen MR) is 77.3 cm³/mol. The van der Waals surface area contributed by atoms with Gasteiger partial charge in [0, 0.05) is 19.7 Å².